The lowest BCUT2D eigenvalue weighted by Gasteiger charge is -2.32. The lowest BCUT2D eigenvalue weighted by molar-refractivity contribution is -0.142. The van der Waals surface area contributed by atoms with Crippen molar-refractivity contribution in [3.8, 4) is 11.5 Å². The molecular weight excluding hydrogens is 568 g/mol. The Morgan fingerprint density at radius 3 is 2.38 bits per heavy atom. The van der Waals surface area contributed by atoms with E-state index in [1.807, 2.05) is 105 Å². The van der Waals surface area contributed by atoms with Gasteiger partial charge in [-0.25, -0.2) is 0 Å². The average molecular weight is 604 g/mol. The maximum atomic E-state index is 13.9. The molecule has 4 aromatic rings. The molecule has 0 aliphatic carbocycles. The fraction of sp³-hybridized carbons (Fsp3) is 0.273. The largest absolute Gasteiger partial charge is 0.497 e. The molecule has 7 heteroatoms. The van der Waals surface area contributed by atoms with Crippen molar-refractivity contribution in [2.75, 3.05) is 20.3 Å². The van der Waals surface area contributed by atoms with Gasteiger partial charge in [-0.15, -0.1) is 0 Å². The predicted octanol–water partition coefficient (Wildman–Crippen LogP) is 6.40. The maximum absolute atomic E-state index is 13.9. The van der Waals surface area contributed by atoms with Gasteiger partial charge in [-0.2, -0.15) is 0 Å². The quantitative estimate of drug-likeness (QED) is 0.204. The van der Waals surface area contributed by atoms with E-state index in [0.717, 1.165) is 26.4 Å². The summed E-state index contributed by atoms with van der Waals surface area (Å²) < 4.78 is 12.2. The Balaban J connectivity index is 1.64. The van der Waals surface area contributed by atoms with E-state index < -0.39 is 6.04 Å². The molecule has 6 nitrogen and oxygen atoms in total. The Morgan fingerprint density at radius 1 is 0.900 bits per heavy atom. The van der Waals surface area contributed by atoms with Gasteiger partial charge in [-0.3, -0.25) is 9.59 Å². The number of fused-ring (bicyclic) bond motifs is 1. The summed E-state index contributed by atoms with van der Waals surface area (Å²) in [5, 5.41) is 5.11. The molecular formula is C33H35BrN2O4. The third-order valence-corrected chi connectivity index (χ3v) is 7.44. The Kier molecular flexibility index (Phi) is 10.2. The summed E-state index contributed by atoms with van der Waals surface area (Å²) >= 11 is 3.64. The van der Waals surface area contributed by atoms with Crippen molar-refractivity contribution in [1.82, 2.24) is 10.2 Å². The van der Waals surface area contributed by atoms with Crippen molar-refractivity contribution in [3.63, 3.8) is 0 Å². The van der Waals surface area contributed by atoms with E-state index in [4.69, 9.17) is 9.47 Å². The molecule has 1 N–H and O–H groups in total. The molecule has 1 atom stereocenters. The monoisotopic (exact) mass is 602 g/mol. The number of rotatable bonds is 12. The van der Waals surface area contributed by atoms with Gasteiger partial charge in [-0.1, -0.05) is 86.6 Å². The third-order valence-electron chi connectivity index (χ3n) is 6.62. The molecule has 0 saturated carbocycles. The summed E-state index contributed by atoms with van der Waals surface area (Å²) in [6.07, 6.45) is 0.375. The summed E-state index contributed by atoms with van der Waals surface area (Å²) in [6.45, 7) is 4.61. The molecule has 0 fully saturated rings. The van der Waals surface area contributed by atoms with Crippen LogP contribution in [0.1, 0.15) is 25.0 Å². The van der Waals surface area contributed by atoms with Crippen LogP contribution in [-0.2, 0) is 22.6 Å². The molecule has 40 heavy (non-hydrogen) atoms. The van der Waals surface area contributed by atoms with Crippen molar-refractivity contribution in [2.45, 2.75) is 32.9 Å². The number of amides is 2. The standard InChI is InChI=1S/C33H35BrN2O4/c1-23(2)20-35-33(38)29(19-24-10-5-4-6-11-24)36(21-25-12-9-14-27(18-25)39-3)31(37)22-40-30-17-16-26-13-7-8-15-28(26)32(30)34/h4-18,23,29H,19-22H2,1-3H3,(H,35,38)/t29-/m1/s1. The van der Waals surface area contributed by atoms with Gasteiger partial charge >= 0.3 is 0 Å². The van der Waals surface area contributed by atoms with Gasteiger partial charge in [0.15, 0.2) is 6.61 Å². The maximum Gasteiger partial charge on any atom is 0.261 e. The van der Waals surface area contributed by atoms with Crippen LogP contribution in [0.2, 0.25) is 0 Å². The number of hydrogen-bond donors (Lipinski definition) is 1. The topological polar surface area (TPSA) is 67.9 Å². The van der Waals surface area contributed by atoms with Crippen LogP contribution in [0.3, 0.4) is 0 Å². The van der Waals surface area contributed by atoms with Crippen LogP contribution >= 0.6 is 15.9 Å². The highest BCUT2D eigenvalue weighted by atomic mass is 79.9. The second-order valence-corrected chi connectivity index (χ2v) is 10.9. The van der Waals surface area contributed by atoms with E-state index in [9.17, 15) is 9.59 Å². The first-order valence-electron chi connectivity index (χ1n) is 13.4. The van der Waals surface area contributed by atoms with E-state index >= 15 is 0 Å². The van der Waals surface area contributed by atoms with Crippen molar-refractivity contribution < 1.29 is 19.1 Å². The van der Waals surface area contributed by atoms with Crippen molar-refractivity contribution in [3.05, 3.63) is 107 Å². The zero-order valence-electron chi connectivity index (χ0n) is 23.1. The fourth-order valence-electron chi connectivity index (χ4n) is 4.49. The number of carbonyl (C=O) groups excluding carboxylic acids is 2. The highest BCUT2D eigenvalue weighted by Crippen LogP contribution is 2.33. The Hall–Kier alpha value is -3.84. The van der Waals surface area contributed by atoms with E-state index in [2.05, 4.69) is 21.2 Å². The fourth-order valence-corrected chi connectivity index (χ4v) is 5.10. The summed E-state index contributed by atoms with van der Waals surface area (Å²) in [5.41, 5.74) is 1.82. The van der Waals surface area contributed by atoms with E-state index in [0.29, 0.717) is 24.5 Å². The van der Waals surface area contributed by atoms with Gasteiger partial charge in [0.05, 0.1) is 11.6 Å². The lowest BCUT2D eigenvalue weighted by atomic mass is 10.0. The number of benzene rings is 4. The van der Waals surface area contributed by atoms with Gasteiger partial charge in [-0.05, 0) is 61.9 Å². The molecule has 0 saturated heterocycles. The smallest absolute Gasteiger partial charge is 0.261 e. The number of halogens is 1. The van der Waals surface area contributed by atoms with Crippen molar-refractivity contribution in [1.29, 1.82) is 0 Å². The van der Waals surface area contributed by atoms with Gasteiger partial charge in [0.2, 0.25) is 5.91 Å². The Morgan fingerprint density at radius 2 is 1.62 bits per heavy atom. The molecule has 4 rings (SSSR count). The highest BCUT2D eigenvalue weighted by molar-refractivity contribution is 9.10. The van der Waals surface area contributed by atoms with E-state index in [1.165, 1.54) is 0 Å². The molecule has 0 aliphatic rings. The molecule has 0 radical (unpaired) electrons. The lowest BCUT2D eigenvalue weighted by Crippen LogP contribution is -2.52. The van der Waals surface area contributed by atoms with Crippen LogP contribution < -0.4 is 14.8 Å². The number of ether oxygens (including phenoxy) is 2. The first-order chi connectivity index (χ1) is 19.4. The number of hydrogen-bond acceptors (Lipinski definition) is 4. The minimum absolute atomic E-state index is 0.194. The summed E-state index contributed by atoms with van der Waals surface area (Å²) in [4.78, 5) is 29.1. The Labute approximate surface area is 244 Å². The Bertz CT molecular complexity index is 1440. The number of carbonyl (C=O) groups is 2. The molecule has 0 spiro atoms. The van der Waals surface area contributed by atoms with Crippen LogP contribution in [-0.4, -0.2) is 43.0 Å². The molecule has 2 amide bonds. The van der Waals surface area contributed by atoms with Gasteiger partial charge in [0.1, 0.15) is 17.5 Å². The third kappa shape index (κ3) is 7.63. The summed E-state index contributed by atoms with van der Waals surface area (Å²) in [7, 11) is 1.61. The zero-order valence-corrected chi connectivity index (χ0v) is 24.7. The van der Waals surface area contributed by atoms with Crippen LogP contribution in [0.5, 0.6) is 11.5 Å². The highest BCUT2D eigenvalue weighted by Gasteiger charge is 2.31. The molecule has 0 heterocycles. The minimum atomic E-state index is -0.733. The SMILES string of the molecule is COc1cccc(CN(C(=O)COc2ccc3ccccc3c2Br)[C@H](Cc2ccccc2)C(=O)NCC(C)C)c1. The van der Waals surface area contributed by atoms with Crippen LogP contribution in [0.15, 0.2) is 95.5 Å². The van der Waals surface area contributed by atoms with E-state index in [-0.39, 0.29) is 30.9 Å². The number of methoxy groups -OCH3 is 1. The zero-order chi connectivity index (χ0) is 28.5. The van der Waals surface area contributed by atoms with Crippen LogP contribution in [0.4, 0.5) is 0 Å². The second-order valence-electron chi connectivity index (χ2n) is 10.1. The molecule has 0 bridgehead atoms. The molecule has 0 aromatic heterocycles. The van der Waals surface area contributed by atoms with Crippen molar-refractivity contribution in [2.24, 2.45) is 5.92 Å². The second kappa shape index (κ2) is 14.0. The average Bonchev–Trinajstić information content (AvgIpc) is 2.98. The first kappa shape index (κ1) is 29.2. The van der Waals surface area contributed by atoms with E-state index in [1.54, 1.807) is 12.0 Å². The van der Waals surface area contributed by atoms with Crippen molar-refractivity contribution >= 4 is 38.5 Å². The summed E-state index contributed by atoms with van der Waals surface area (Å²) in [5.74, 6) is 1.05. The van der Waals surface area contributed by atoms with Gasteiger partial charge < -0.3 is 19.7 Å². The predicted molar refractivity (Wildman–Crippen MR) is 162 cm³/mol. The minimum Gasteiger partial charge on any atom is -0.497 e. The number of nitrogens with one attached hydrogen (secondary N) is 1. The molecule has 0 unspecified atom stereocenters. The normalized spacial score (nSPS) is 11.7. The molecule has 0 aliphatic heterocycles. The van der Waals surface area contributed by atoms with Crippen LogP contribution in [0.25, 0.3) is 10.8 Å². The molecule has 208 valence electrons. The summed E-state index contributed by atoms with van der Waals surface area (Å²) in [6, 6.07) is 28.3. The number of nitrogens with zero attached hydrogens (tertiary/aromatic N) is 1. The van der Waals surface area contributed by atoms with Gasteiger partial charge in [0.25, 0.3) is 5.91 Å². The van der Waals surface area contributed by atoms with Crippen LogP contribution in [0, 0.1) is 5.92 Å². The first-order valence-corrected chi connectivity index (χ1v) is 14.2. The molecule has 4 aromatic carbocycles. The van der Waals surface area contributed by atoms with Gasteiger partial charge in [0, 0.05) is 19.5 Å².